The molecular weight excluding hydrogens is 287 g/mol. The molecule has 0 aliphatic carbocycles. The Morgan fingerprint density at radius 1 is 1.19 bits per heavy atom. The molecule has 1 aromatic heterocycles. The van der Waals surface area contributed by atoms with Crippen molar-refractivity contribution in [2.24, 2.45) is 0 Å². The SMILES string of the molecule is COC(=O)c1ccc2scc(-c3cccc(F)c3C)c2c1. The fourth-order valence-electron chi connectivity index (χ4n) is 2.38. The van der Waals surface area contributed by atoms with E-state index < -0.39 is 0 Å². The fraction of sp³-hybridized carbons (Fsp3) is 0.118. The highest BCUT2D eigenvalue weighted by molar-refractivity contribution is 7.17. The van der Waals surface area contributed by atoms with Crippen LogP contribution in [0, 0.1) is 12.7 Å². The van der Waals surface area contributed by atoms with Crippen LogP contribution in [0.25, 0.3) is 21.2 Å². The van der Waals surface area contributed by atoms with Crippen LogP contribution in [-0.4, -0.2) is 13.1 Å². The molecule has 2 nitrogen and oxygen atoms in total. The first-order chi connectivity index (χ1) is 10.1. The van der Waals surface area contributed by atoms with Crippen molar-refractivity contribution < 1.29 is 13.9 Å². The van der Waals surface area contributed by atoms with E-state index in [1.165, 1.54) is 13.2 Å². The fourth-order valence-corrected chi connectivity index (χ4v) is 3.32. The Morgan fingerprint density at radius 3 is 2.76 bits per heavy atom. The molecule has 0 aliphatic heterocycles. The Bertz CT molecular complexity index is 836. The van der Waals surface area contributed by atoms with Crippen LogP contribution in [0.4, 0.5) is 4.39 Å². The molecule has 4 heteroatoms. The molecule has 0 aliphatic rings. The Kier molecular flexibility index (Phi) is 3.47. The molecule has 3 aromatic rings. The molecule has 21 heavy (non-hydrogen) atoms. The van der Waals surface area contributed by atoms with Crippen molar-refractivity contribution in [3.8, 4) is 11.1 Å². The number of halogens is 1. The van der Waals surface area contributed by atoms with Gasteiger partial charge in [0, 0.05) is 15.6 Å². The number of ether oxygens (including phenoxy) is 1. The molecule has 0 saturated carbocycles. The van der Waals surface area contributed by atoms with Crippen molar-refractivity contribution in [1.82, 2.24) is 0 Å². The number of hydrogen-bond acceptors (Lipinski definition) is 3. The van der Waals surface area contributed by atoms with Crippen molar-refractivity contribution in [2.75, 3.05) is 7.11 Å². The number of esters is 1. The molecule has 0 amide bonds. The second-order valence-electron chi connectivity index (χ2n) is 4.76. The summed E-state index contributed by atoms with van der Waals surface area (Å²) in [7, 11) is 1.36. The number of benzene rings is 2. The highest BCUT2D eigenvalue weighted by atomic mass is 32.1. The van der Waals surface area contributed by atoms with E-state index in [0.717, 1.165) is 21.2 Å². The highest BCUT2D eigenvalue weighted by Gasteiger charge is 2.13. The lowest BCUT2D eigenvalue weighted by molar-refractivity contribution is 0.0601. The molecule has 0 bridgehead atoms. The van der Waals surface area contributed by atoms with Crippen LogP contribution >= 0.6 is 11.3 Å². The number of hydrogen-bond donors (Lipinski definition) is 0. The molecule has 106 valence electrons. The second-order valence-corrected chi connectivity index (χ2v) is 5.68. The standard InChI is InChI=1S/C17H13FO2S/c1-10-12(4-3-5-15(10)18)14-9-21-16-7-6-11(8-13(14)16)17(19)20-2/h3-9H,1-2H3. The van der Waals surface area contributed by atoms with Gasteiger partial charge in [-0.2, -0.15) is 0 Å². The molecule has 2 aromatic carbocycles. The molecule has 0 radical (unpaired) electrons. The zero-order valence-electron chi connectivity index (χ0n) is 11.6. The van der Waals surface area contributed by atoms with Crippen molar-refractivity contribution >= 4 is 27.4 Å². The van der Waals surface area contributed by atoms with Gasteiger partial charge in [-0.15, -0.1) is 11.3 Å². The van der Waals surface area contributed by atoms with E-state index in [1.807, 2.05) is 17.5 Å². The molecule has 0 fully saturated rings. The maximum absolute atomic E-state index is 13.8. The van der Waals surface area contributed by atoms with Gasteiger partial charge >= 0.3 is 5.97 Å². The topological polar surface area (TPSA) is 26.3 Å². The Labute approximate surface area is 125 Å². The summed E-state index contributed by atoms with van der Waals surface area (Å²) in [5, 5.41) is 2.93. The lowest BCUT2D eigenvalue weighted by Crippen LogP contribution is -2.00. The van der Waals surface area contributed by atoms with Crippen LogP contribution < -0.4 is 0 Å². The number of carbonyl (C=O) groups is 1. The minimum Gasteiger partial charge on any atom is -0.465 e. The minimum atomic E-state index is -0.370. The third kappa shape index (κ3) is 2.32. The lowest BCUT2D eigenvalue weighted by atomic mass is 9.99. The number of rotatable bonds is 2. The van der Waals surface area contributed by atoms with Gasteiger partial charge < -0.3 is 4.74 Å². The molecule has 1 heterocycles. The Hall–Kier alpha value is -2.20. The van der Waals surface area contributed by atoms with Crippen LogP contribution in [0.3, 0.4) is 0 Å². The third-order valence-electron chi connectivity index (χ3n) is 3.55. The predicted octanol–water partition coefficient (Wildman–Crippen LogP) is 4.80. The molecule has 0 saturated heterocycles. The third-order valence-corrected chi connectivity index (χ3v) is 4.52. The molecule has 0 atom stereocenters. The monoisotopic (exact) mass is 300 g/mol. The first kappa shape index (κ1) is 13.8. The molecule has 3 rings (SSSR count). The van der Waals surface area contributed by atoms with Crippen molar-refractivity contribution in [1.29, 1.82) is 0 Å². The molecule has 0 unspecified atom stereocenters. The van der Waals surface area contributed by atoms with Gasteiger partial charge in [-0.05, 0) is 47.7 Å². The summed E-state index contributed by atoms with van der Waals surface area (Å²) in [5.41, 5.74) is 2.90. The second kappa shape index (κ2) is 5.30. The predicted molar refractivity (Wildman–Crippen MR) is 83.3 cm³/mol. The Morgan fingerprint density at radius 2 is 2.00 bits per heavy atom. The summed E-state index contributed by atoms with van der Waals surface area (Å²) in [6.45, 7) is 1.76. The van der Waals surface area contributed by atoms with Gasteiger partial charge in [0.1, 0.15) is 5.82 Å². The molecule has 0 spiro atoms. The summed E-state index contributed by atoms with van der Waals surface area (Å²) in [6.07, 6.45) is 0. The van der Waals surface area contributed by atoms with Crippen LogP contribution in [0.2, 0.25) is 0 Å². The number of fused-ring (bicyclic) bond motifs is 1. The number of carbonyl (C=O) groups excluding carboxylic acids is 1. The van der Waals surface area contributed by atoms with E-state index in [1.54, 1.807) is 36.5 Å². The van der Waals surface area contributed by atoms with E-state index in [9.17, 15) is 9.18 Å². The summed E-state index contributed by atoms with van der Waals surface area (Å²) < 4.78 is 19.6. The van der Waals surface area contributed by atoms with Gasteiger partial charge in [0.25, 0.3) is 0 Å². The first-order valence-corrected chi connectivity index (χ1v) is 7.35. The van der Waals surface area contributed by atoms with E-state index in [4.69, 9.17) is 4.74 Å². The zero-order chi connectivity index (χ0) is 15.0. The van der Waals surface area contributed by atoms with Crippen LogP contribution in [0.15, 0.2) is 41.8 Å². The molecule has 0 N–H and O–H groups in total. The maximum atomic E-state index is 13.8. The van der Waals surface area contributed by atoms with Crippen LogP contribution in [0.5, 0.6) is 0 Å². The number of thiophene rings is 1. The lowest BCUT2D eigenvalue weighted by Gasteiger charge is -2.06. The van der Waals surface area contributed by atoms with Gasteiger partial charge in [-0.3, -0.25) is 0 Å². The van der Waals surface area contributed by atoms with Gasteiger partial charge in [0.05, 0.1) is 12.7 Å². The minimum absolute atomic E-state index is 0.226. The van der Waals surface area contributed by atoms with Crippen LogP contribution in [-0.2, 0) is 4.74 Å². The van der Waals surface area contributed by atoms with Crippen molar-refractivity contribution in [3.63, 3.8) is 0 Å². The van der Waals surface area contributed by atoms with E-state index >= 15 is 0 Å². The van der Waals surface area contributed by atoms with E-state index in [2.05, 4.69) is 0 Å². The average Bonchev–Trinajstić information content (AvgIpc) is 2.92. The first-order valence-electron chi connectivity index (χ1n) is 6.47. The van der Waals surface area contributed by atoms with Crippen LogP contribution in [0.1, 0.15) is 15.9 Å². The summed E-state index contributed by atoms with van der Waals surface area (Å²) in [4.78, 5) is 11.7. The summed E-state index contributed by atoms with van der Waals surface area (Å²) >= 11 is 1.58. The average molecular weight is 300 g/mol. The van der Waals surface area contributed by atoms with Gasteiger partial charge in [-0.1, -0.05) is 12.1 Å². The summed E-state index contributed by atoms with van der Waals surface area (Å²) in [6, 6.07) is 10.5. The van der Waals surface area contributed by atoms with Gasteiger partial charge in [0.15, 0.2) is 0 Å². The maximum Gasteiger partial charge on any atom is 0.337 e. The Balaban J connectivity index is 2.23. The summed E-state index contributed by atoms with van der Waals surface area (Å²) in [5.74, 6) is -0.596. The molecular formula is C17H13FO2S. The number of methoxy groups -OCH3 is 1. The van der Waals surface area contributed by atoms with Crippen molar-refractivity contribution in [2.45, 2.75) is 6.92 Å². The zero-order valence-corrected chi connectivity index (χ0v) is 12.5. The quantitative estimate of drug-likeness (QED) is 0.635. The highest BCUT2D eigenvalue weighted by Crippen LogP contribution is 2.36. The van der Waals surface area contributed by atoms with E-state index in [0.29, 0.717) is 11.1 Å². The van der Waals surface area contributed by atoms with Crippen molar-refractivity contribution in [3.05, 3.63) is 58.7 Å². The normalized spacial score (nSPS) is 10.8. The smallest absolute Gasteiger partial charge is 0.337 e. The van der Waals surface area contributed by atoms with Gasteiger partial charge in [-0.25, -0.2) is 9.18 Å². The van der Waals surface area contributed by atoms with E-state index in [-0.39, 0.29) is 11.8 Å². The largest absolute Gasteiger partial charge is 0.465 e. The van der Waals surface area contributed by atoms with Gasteiger partial charge in [0.2, 0.25) is 0 Å².